The molecule has 0 bridgehead atoms. The lowest BCUT2D eigenvalue weighted by Crippen LogP contribution is -2.33. The van der Waals surface area contributed by atoms with Crippen molar-refractivity contribution in [2.45, 2.75) is 65.5 Å². The van der Waals surface area contributed by atoms with Crippen molar-refractivity contribution in [3.63, 3.8) is 0 Å². The highest BCUT2D eigenvalue weighted by Crippen LogP contribution is 2.48. The summed E-state index contributed by atoms with van der Waals surface area (Å²) in [7, 11) is 0. The number of fused-ring (bicyclic) bond motifs is 3. The Kier molecular flexibility index (Phi) is 6.90. The summed E-state index contributed by atoms with van der Waals surface area (Å²) in [5.74, 6) is -0.0104. The van der Waals surface area contributed by atoms with Gasteiger partial charge in [-0.15, -0.1) is 0 Å². The molecule has 2 aliphatic rings. The Bertz CT molecular complexity index is 1530. The number of nitrogens with zero attached hydrogens (tertiary/aromatic N) is 3. The molecule has 5 rings (SSSR count). The average molecular weight is 542 g/mol. The van der Waals surface area contributed by atoms with Crippen LogP contribution < -0.4 is 14.4 Å². The second-order valence-electron chi connectivity index (χ2n) is 11.4. The number of aromatic nitrogens is 1. The van der Waals surface area contributed by atoms with Gasteiger partial charge in [0, 0.05) is 35.9 Å². The molecule has 0 spiro atoms. The minimum absolute atomic E-state index is 0.0344. The number of hydrogen-bond acceptors (Lipinski definition) is 6. The number of carboxylic acids is 1. The van der Waals surface area contributed by atoms with Crippen molar-refractivity contribution in [1.29, 1.82) is 0 Å². The Morgan fingerprint density at radius 3 is 2.50 bits per heavy atom. The maximum Gasteiger partial charge on any atom is 0.337 e. The number of aromatic carboxylic acids is 1. The number of aliphatic imine (C=N–C) groups is 1. The number of hydrogen-bond donors (Lipinski definition) is 1. The molecule has 0 saturated carbocycles. The van der Waals surface area contributed by atoms with Gasteiger partial charge in [0.1, 0.15) is 11.3 Å². The van der Waals surface area contributed by atoms with Gasteiger partial charge in [-0.3, -0.25) is 14.8 Å². The molecule has 0 unspecified atom stereocenters. The van der Waals surface area contributed by atoms with Crippen LogP contribution in [0.4, 0.5) is 5.69 Å². The van der Waals surface area contributed by atoms with Crippen LogP contribution in [-0.4, -0.2) is 52.0 Å². The van der Waals surface area contributed by atoms with Gasteiger partial charge in [0.15, 0.2) is 11.5 Å². The highest BCUT2D eigenvalue weighted by Gasteiger charge is 2.40. The number of carbonyl (C=O) groups is 2. The molecule has 0 atom stereocenters. The van der Waals surface area contributed by atoms with Crippen LogP contribution >= 0.6 is 0 Å². The fraction of sp³-hybridized carbons (Fsp3) is 0.375. The van der Waals surface area contributed by atoms with Crippen molar-refractivity contribution in [3.8, 4) is 11.5 Å². The summed E-state index contributed by atoms with van der Waals surface area (Å²) >= 11 is 0. The molecule has 1 N–H and O–H groups in total. The molecule has 40 heavy (non-hydrogen) atoms. The lowest BCUT2D eigenvalue weighted by molar-refractivity contribution is 0.0697. The van der Waals surface area contributed by atoms with Crippen LogP contribution in [-0.2, 0) is 12.8 Å². The van der Waals surface area contributed by atoms with E-state index in [9.17, 15) is 14.7 Å². The molecule has 8 nitrogen and oxygen atoms in total. The molecular formula is C32H35N3O5. The Labute approximate surface area is 234 Å². The first-order valence-corrected chi connectivity index (χ1v) is 13.7. The van der Waals surface area contributed by atoms with Crippen LogP contribution in [0.25, 0.3) is 0 Å². The first-order valence-electron chi connectivity index (χ1n) is 13.7. The second kappa shape index (κ2) is 10.1. The molecule has 0 radical (unpaired) electrons. The van der Waals surface area contributed by atoms with Crippen molar-refractivity contribution < 1.29 is 24.2 Å². The molecule has 208 valence electrons. The predicted molar refractivity (Wildman–Crippen MR) is 154 cm³/mol. The summed E-state index contributed by atoms with van der Waals surface area (Å²) < 4.78 is 12.4. The number of benzene rings is 2. The molecule has 1 amide bonds. The van der Waals surface area contributed by atoms with E-state index in [-0.39, 0.29) is 23.7 Å². The topological polar surface area (TPSA) is 101 Å². The van der Waals surface area contributed by atoms with Crippen LogP contribution in [0, 0.1) is 0 Å². The summed E-state index contributed by atoms with van der Waals surface area (Å²) in [4.78, 5) is 36.6. The normalized spacial score (nSPS) is 16.3. The van der Waals surface area contributed by atoms with Gasteiger partial charge in [-0.2, -0.15) is 0 Å². The SMILES string of the molecule is CCOc1cc2c(c3c1OC(C)(C)C3)C(c1ccc(C(=O)O)c(N(CC)C(=O)c3ccccn3)c1)=NC(C)(C)C2. The van der Waals surface area contributed by atoms with Gasteiger partial charge in [-0.25, -0.2) is 4.79 Å². The lowest BCUT2D eigenvalue weighted by Gasteiger charge is -2.31. The summed E-state index contributed by atoms with van der Waals surface area (Å²) in [5, 5.41) is 10.1. The second-order valence-corrected chi connectivity index (χ2v) is 11.4. The number of anilines is 1. The smallest absolute Gasteiger partial charge is 0.337 e. The lowest BCUT2D eigenvalue weighted by atomic mass is 9.80. The third-order valence-electron chi connectivity index (χ3n) is 7.22. The van der Waals surface area contributed by atoms with Gasteiger partial charge in [-0.05, 0) is 83.9 Å². The minimum atomic E-state index is -1.11. The number of ether oxygens (including phenoxy) is 2. The molecule has 3 aromatic rings. The highest BCUT2D eigenvalue weighted by atomic mass is 16.5. The molecule has 3 heterocycles. The van der Waals surface area contributed by atoms with Crippen LogP contribution in [0.2, 0.25) is 0 Å². The van der Waals surface area contributed by atoms with E-state index in [0.29, 0.717) is 18.7 Å². The van der Waals surface area contributed by atoms with Crippen LogP contribution in [0.3, 0.4) is 0 Å². The maximum atomic E-state index is 13.5. The Hall–Kier alpha value is -4.20. The predicted octanol–water partition coefficient (Wildman–Crippen LogP) is 5.73. The van der Waals surface area contributed by atoms with Gasteiger partial charge in [0.25, 0.3) is 5.91 Å². The van der Waals surface area contributed by atoms with Gasteiger partial charge in [-0.1, -0.05) is 12.1 Å². The maximum absolute atomic E-state index is 13.5. The largest absolute Gasteiger partial charge is 0.490 e. The van der Waals surface area contributed by atoms with E-state index in [1.54, 1.807) is 42.6 Å². The van der Waals surface area contributed by atoms with Gasteiger partial charge in [0.2, 0.25) is 0 Å². The average Bonchev–Trinajstić information content (AvgIpc) is 3.23. The third kappa shape index (κ3) is 4.94. The number of amides is 1. The zero-order valence-electron chi connectivity index (χ0n) is 23.9. The Morgan fingerprint density at radius 1 is 1.07 bits per heavy atom. The molecule has 8 heteroatoms. The zero-order valence-corrected chi connectivity index (χ0v) is 23.9. The van der Waals surface area contributed by atoms with E-state index in [1.165, 1.54) is 4.90 Å². The molecule has 0 aliphatic carbocycles. The zero-order chi connectivity index (χ0) is 28.8. The van der Waals surface area contributed by atoms with Crippen LogP contribution in [0.1, 0.15) is 84.6 Å². The summed E-state index contributed by atoms with van der Waals surface area (Å²) in [5.41, 5.74) is 4.40. The number of carboxylic acid groups (broad SMARTS) is 1. The number of pyridine rings is 1. The van der Waals surface area contributed by atoms with Crippen molar-refractivity contribution in [2.24, 2.45) is 4.99 Å². The summed E-state index contributed by atoms with van der Waals surface area (Å²) in [6, 6.07) is 12.3. The first-order chi connectivity index (χ1) is 18.9. The van der Waals surface area contributed by atoms with Crippen LogP contribution in [0.5, 0.6) is 11.5 Å². The van der Waals surface area contributed by atoms with E-state index < -0.39 is 17.1 Å². The standard InChI is InChI=1S/C32H35N3O5/c1-7-35(29(36)23-11-9-10-14-33-23)24-15-19(12-13-21(24)30(37)38)27-26-20(17-31(3,4)34-27)16-25(39-8-2)28-22(26)18-32(5,6)40-28/h9-16H,7-8,17-18H2,1-6H3,(H,37,38). The van der Waals surface area contributed by atoms with E-state index >= 15 is 0 Å². The number of carbonyl (C=O) groups excluding carboxylic acids is 1. The monoisotopic (exact) mass is 541 g/mol. The van der Waals surface area contributed by atoms with E-state index in [2.05, 4.69) is 38.7 Å². The van der Waals surface area contributed by atoms with Gasteiger partial charge < -0.3 is 19.5 Å². The molecule has 0 saturated heterocycles. The summed E-state index contributed by atoms with van der Waals surface area (Å²) in [6.45, 7) is 12.8. The molecule has 1 aromatic heterocycles. The number of rotatable bonds is 7. The van der Waals surface area contributed by atoms with Crippen LogP contribution in [0.15, 0.2) is 53.7 Å². The molecule has 2 aromatic carbocycles. The van der Waals surface area contributed by atoms with Crippen molar-refractivity contribution in [3.05, 3.63) is 82.2 Å². The Balaban J connectivity index is 1.71. The van der Waals surface area contributed by atoms with E-state index in [1.807, 2.05) is 13.8 Å². The quantitative estimate of drug-likeness (QED) is 0.410. The summed E-state index contributed by atoms with van der Waals surface area (Å²) in [6.07, 6.45) is 2.95. The van der Waals surface area contributed by atoms with E-state index in [4.69, 9.17) is 14.5 Å². The molecule has 2 aliphatic heterocycles. The molecular weight excluding hydrogens is 506 g/mol. The minimum Gasteiger partial charge on any atom is -0.490 e. The van der Waals surface area contributed by atoms with Crippen molar-refractivity contribution in [2.75, 3.05) is 18.1 Å². The van der Waals surface area contributed by atoms with Gasteiger partial charge >= 0.3 is 5.97 Å². The van der Waals surface area contributed by atoms with E-state index in [0.717, 1.165) is 45.9 Å². The first kappa shape index (κ1) is 27.4. The third-order valence-corrected chi connectivity index (χ3v) is 7.22. The highest BCUT2D eigenvalue weighted by molar-refractivity contribution is 6.18. The fourth-order valence-electron chi connectivity index (χ4n) is 5.67. The Morgan fingerprint density at radius 2 is 1.85 bits per heavy atom. The van der Waals surface area contributed by atoms with Crippen molar-refractivity contribution in [1.82, 2.24) is 4.98 Å². The van der Waals surface area contributed by atoms with Gasteiger partial charge in [0.05, 0.1) is 29.1 Å². The molecule has 0 fully saturated rings. The fourth-order valence-corrected chi connectivity index (χ4v) is 5.67. The van der Waals surface area contributed by atoms with Crippen molar-refractivity contribution >= 4 is 23.3 Å².